The number of nitriles is 2. The van der Waals surface area contributed by atoms with E-state index in [0.29, 0.717) is 12.2 Å². The van der Waals surface area contributed by atoms with Gasteiger partial charge in [0.25, 0.3) is 0 Å². The molecule has 3 aromatic carbocycles. The highest BCUT2D eigenvalue weighted by Gasteiger charge is 2.17. The number of fused-ring (bicyclic) bond motifs is 2. The Morgan fingerprint density at radius 3 is 2.27 bits per heavy atom. The largest absolute Gasteiger partial charge is 0.488 e. The van der Waals surface area contributed by atoms with E-state index in [1.54, 1.807) is 6.07 Å². The van der Waals surface area contributed by atoms with E-state index in [9.17, 15) is 0 Å². The summed E-state index contributed by atoms with van der Waals surface area (Å²) in [5, 5.41) is 19.5. The van der Waals surface area contributed by atoms with Crippen molar-refractivity contribution in [2.45, 2.75) is 6.61 Å². The van der Waals surface area contributed by atoms with E-state index in [-0.39, 0.29) is 0 Å². The van der Waals surface area contributed by atoms with Crippen LogP contribution in [0.25, 0.3) is 10.8 Å². The van der Waals surface area contributed by atoms with Crippen LogP contribution < -0.4 is 4.74 Å². The summed E-state index contributed by atoms with van der Waals surface area (Å²) in [4.78, 5) is 0. The van der Waals surface area contributed by atoms with E-state index in [0.717, 1.165) is 22.3 Å². The van der Waals surface area contributed by atoms with Crippen LogP contribution in [0.4, 0.5) is 0 Å². The van der Waals surface area contributed by atoms with E-state index in [1.807, 2.05) is 54.6 Å². The van der Waals surface area contributed by atoms with Crippen LogP contribution in [0.15, 0.2) is 60.7 Å². The fourth-order valence-electron chi connectivity index (χ4n) is 2.28. The molecule has 0 atom stereocenters. The molecule has 0 saturated carbocycles. The van der Waals surface area contributed by atoms with Crippen molar-refractivity contribution in [2.75, 3.05) is 0 Å². The van der Waals surface area contributed by atoms with Crippen molar-refractivity contribution in [1.82, 2.24) is 0 Å². The Balaban J connectivity index is 0.000000133. The van der Waals surface area contributed by atoms with Crippen molar-refractivity contribution in [3.63, 3.8) is 0 Å². The average Bonchev–Trinajstić information content (AvgIpc) is 2.55. The monoisotopic (exact) mass is 284 g/mol. The van der Waals surface area contributed by atoms with Gasteiger partial charge in [0.15, 0.2) is 0 Å². The summed E-state index contributed by atoms with van der Waals surface area (Å²) in [5.74, 6) is 0.860. The van der Waals surface area contributed by atoms with Gasteiger partial charge in [-0.1, -0.05) is 36.4 Å². The van der Waals surface area contributed by atoms with Gasteiger partial charge in [0.1, 0.15) is 12.4 Å². The fraction of sp³-hybridized carbons (Fsp3) is 0.0526. The minimum absolute atomic E-state index is 0.596. The molecule has 22 heavy (non-hydrogen) atoms. The second-order valence-corrected chi connectivity index (χ2v) is 4.86. The molecule has 0 amide bonds. The van der Waals surface area contributed by atoms with Gasteiger partial charge in [-0.15, -0.1) is 0 Å². The number of nitrogens with zero attached hydrogens (tertiary/aromatic N) is 2. The number of ether oxygens (including phenoxy) is 1. The van der Waals surface area contributed by atoms with Crippen molar-refractivity contribution in [1.29, 1.82) is 10.5 Å². The summed E-state index contributed by atoms with van der Waals surface area (Å²) in [5.41, 5.74) is 2.50. The van der Waals surface area contributed by atoms with Gasteiger partial charge < -0.3 is 4.74 Å². The van der Waals surface area contributed by atoms with Crippen LogP contribution in [0.3, 0.4) is 0 Å². The first-order chi connectivity index (χ1) is 10.8. The highest BCUT2D eigenvalue weighted by atomic mass is 16.5. The average molecular weight is 284 g/mol. The molecular weight excluding hydrogens is 272 g/mol. The Hall–Kier alpha value is -3.30. The third kappa shape index (κ3) is 2.61. The minimum atomic E-state index is 0.596. The zero-order valence-electron chi connectivity index (χ0n) is 11.8. The van der Waals surface area contributed by atoms with E-state index in [2.05, 4.69) is 12.1 Å². The van der Waals surface area contributed by atoms with Gasteiger partial charge >= 0.3 is 0 Å². The third-order valence-electron chi connectivity index (χ3n) is 3.50. The van der Waals surface area contributed by atoms with Crippen molar-refractivity contribution in [2.24, 2.45) is 0 Å². The van der Waals surface area contributed by atoms with E-state index in [4.69, 9.17) is 15.3 Å². The zero-order chi connectivity index (χ0) is 15.4. The molecule has 4 rings (SSSR count). The lowest BCUT2D eigenvalue weighted by Crippen LogP contribution is -2.10. The van der Waals surface area contributed by atoms with Crippen LogP contribution in [0.5, 0.6) is 5.75 Å². The zero-order valence-corrected chi connectivity index (χ0v) is 11.8. The summed E-state index contributed by atoms with van der Waals surface area (Å²) >= 11 is 0. The van der Waals surface area contributed by atoms with Gasteiger partial charge in [-0.05, 0) is 35.0 Å². The number of benzene rings is 3. The number of hydrogen-bond acceptors (Lipinski definition) is 3. The minimum Gasteiger partial charge on any atom is -0.488 e. The molecule has 0 spiro atoms. The summed E-state index contributed by atoms with van der Waals surface area (Å²) in [6.07, 6.45) is 0. The molecule has 0 saturated heterocycles. The van der Waals surface area contributed by atoms with Crippen LogP contribution in [0.1, 0.15) is 16.7 Å². The molecule has 3 nitrogen and oxygen atoms in total. The molecule has 0 aromatic heterocycles. The number of rotatable bonds is 0. The first-order valence-corrected chi connectivity index (χ1v) is 6.85. The van der Waals surface area contributed by atoms with E-state index >= 15 is 0 Å². The quantitative estimate of drug-likeness (QED) is 0.622. The second kappa shape index (κ2) is 5.99. The van der Waals surface area contributed by atoms with Gasteiger partial charge in [-0.3, -0.25) is 0 Å². The molecule has 0 fully saturated rings. The van der Waals surface area contributed by atoms with Crippen LogP contribution >= 0.6 is 0 Å². The Kier molecular flexibility index (Phi) is 3.72. The smallest absolute Gasteiger partial charge is 0.127 e. The molecular formula is C19H12N2O. The Morgan fingerprint density at radius 1 is 0.818 bits per heavy atom. The standard InChI is InChI=1S/C11H7N.C8H5NO/c12-8-9-5-6-10-3-1-2-4-11(10)7-9;9-4-6-2-1-3-8-7(6)5-10-8/h1-7H;1-3H,5H2. The molecule has 1 heterocycles. The lowest BCUT2D eigenvalue weighted by molar-refractivity contribution is 0.243. The van der Waals surface area contributed by atoms with Crippen molar-refractivity contribution in [3.8, 4) is 17.9 Å². The van der Waals surface area contributed by atoms with Gasteiger partial charge in [0.05, 0.1) is 23.3 Å². The maximum absolute atomic E-state index is 8.65. The van der Waals surface area contributed by atoms with Crippen LogP contribution in [0, 0.1) is 22.7 Å². The first kappa shape index (κ1) is 13.7. The van der Waals surface area contributed by atoms with Crippen molar-refractivity contribution in [3.05, 3.63) is 77.4 Å². The van der Waals surface area contributed by atoms with Gasteiger partial charge in [-0.25, -0.2) is 0 Å². The summed E-state index contributed by atoms with van der Waals surface area (Å²) in [6.45, 7) is 0.596. The molecule has 0 aliphatic carbocycles. The fourth-order valence-corrected chi connectivity index (χ4v) is 2.28. The highest BCUT2D eigenvalue weighted by Crippen LogP contribution is 2.30. The molecule has 0 N–H and O–H groups in total. The predicted molar refractivity (Wildman–Crippen MR) is 84.2 cm³/mol. The number of hydrogen-bond donors (Lipinski definition) is 0. The summed E-state index contributed by atoms with van der Waals surface area (Å²) < 4.78 is 5.07. The van der Waals surface area contributed by atoms with Crippen molar-refractivity contribution >= 4 is 10.8 Å². The molecule has 0 radical (unpaired) electrons. The molecule has 1 aliphatic heterocycles. The maximum Gasteiger partial charge on any atom is 0.127 e. The van der Waals surface area contributed by atoms with E-state index < -0.39 is 0 Å². The highest BCUT2D eigenvalue weighted by molar-refractivity contribution is 5.83. The summed E-state index contributed by atoms with van der Waals surface area (Å²) in [7, 11) is 0. The Bertz CT molecular complexity index is 917. The van der Waals surface area contributed by atoms with Gasteiger partial charge in [0.2, 0.25) is 0 Å². The molecule has 0 unspecified atom stereocenters. The van der Waals surface area contributed by atoms with Crippen LogP contribution in [-0.2, 0) is 6.61 Å². The molecule has 3 heteroatoms. The third-order valence-corrected chi connectivity index (χ3v) is 3.50. The SMILES string of the molecule is N#Cc1ccc2ccccc2c1.N#Cc1cccc2c1CO2. The topological polar surface area (TPSA) is 56.8 Å². The van der Waals surface area contributed by atoms with E-state index in [1.165, 1.54) is 5.39 Å². The Morgan fingerprint density at radius 2 is 1.64 bits per heavy atom. The molecule has 3 aromatic rings. The van der Waals surface area contributed by atoms with Crippen LogP contribution in [0.2, 0.25) is 0 Å². The van der Waals surface area contributed by atoms with Gasteiger partial charge in [-0.2, -0.15) is 10.5 Å². The molecule has 1 aliphatic rings. The van der Waals surface area contributed by atoms with Crippen LogP contribution in [-0.4, -0.2) is 0 Å². The molecule has 0 bridgehead atoms. The lowest BCUT2D eigenvalue weighted by atomic mass is 10.1. The maximum atomic E-state index is 8.65. The normalized spacial score (nSPS) is 10.8. The molecule has 104 valence electrons. The lowest BCUT2D eigenvalue weighted by Gasteiger charge is -2.20. The van der Waals surface area contributed by atoms with Crippen molar-refractivity contribution < 1.29 is 4.74 Å². The first-order valence-electron chi connectivity index (χ1n) is 6.85. The Labute approximate surface area is 128 Å². The summed E-state index contributed by atoms with van der Waals surface area (Å²) in [6, 6.07) is 23.5. The second-order valence-electron chi connectivity index (χ2n) is 4.86. The van der Waals surface area contributed by atoms with Gasteiger partial charge in [0, 0.05) is 5.56 Å². The predicted octanol–water partition coefficient (Wildman–Crippen LogP) is 4.16.